The number of hydrogen-bond acceptors (Lipinski definition) is 6. The molecule has 0 atom stereocenters. The quantitative estimate of drug-likeness (QED) is 0.162. The van der Waals surface area contributed by atoms with E-state index in [2.05, 4.69) is 24.9 Å². The SMILES string of the molecule is CCCc1cc(Oc2ccccc2)ccc1OCCCCOc1ccc(-c2sc(=O)[nH]c2O)cc1CCC. The minimum Gasteiger partial charge on any atom is -0.493 e. The molecule has 0 spiro atoms. The van der Waals surface area contributed by atoms with Gasteiger partial charge in [0.25, 0.3) is 0 Å². The summed E-state index contributed by atoms with van der Waals surface area (Å²) in [5, 5.41) is 10.0. The third-order valence-corrected chi connectivity index (χ3v) is 6.98. The summed E-state index contributed by atoms with van der Waals surface area (Å²) in [4.78, 5) is 14.3. The highest BCUT2D eigenvalue weighted by Gasteiger charge is 2.13. The smallest absolute Gasteiger partial charge is 0.307 e. The molecule has 0 amide bonds. The molecule has 7 heteroatoms. The topological polar surface area (TPSA) is 80.8 Å². The zero-order valence-electron chi connectivity index (χ0n) is 22.0. The van der Waals surface area contributed by atoms with E-state index in [1.165, 1.54) is 0 Å². The zero-order valence-corrected chi connectivity index (χ0v) is 22.8. The number of unbranched alkanes of at least 4 members (excludes halogenated alkanes) is 1. The Bertz CT molecular complexity index is 1360. The summed E-state index contributed by atoms with van der Waals surface area (Å²) < 4.78 is 18.2. The number of aromatic hydroxyl groups is 1. The van der Waals surface area contributed by atoms with Gasteiger partial charge >= 0.3 is 4.87 Å². The highest BCUT2D eigenvalue weighted by atomic mass is 32.1. The number of aryl methyl sites for hydroxylation is 2. The number of para-hydroxylation sites is 1. The van der Waals surface area contributed by atoms with E-state index in [9.17, 15) is 9.90 Å². The van der Waals surface area contributed by atoms with Gasteiger partial charge < -0.3 is 19.3 Å². The summed E-state index contributed by atoms with van der Waals surface area (Å²) in [5.41, 5.74) is 3.04. The first kappa shape index (κ1) is 27.3. The van der Waals surface area contributed by atoms with Crippen LogP contribution < -0.4 is 19.1 Å². The highest BCUT2D eigenvalue weighted by Crippen LogP contribution is 2.34. The van der Waals surface area contributed by atoms with Crippen molar-refractivity contribution < 1.29 is 19.3 Å². The number of H-pyrrole nitrogens is 1. The van der Waals surface area contributed by atoms with Gasteiger partial charge in [-0.1, -0.05) is 56.2 Å². The fourth-order valence-electron chi connectivity index (χ4n) is 4.26. The zero-order chi connectivity index (χ0) is 26.7. The van der Waals surface area contributed by atoms with Crippen LogP contribution in [0.1, 0.15) is 50.7 Å². The van der Waals surface area contributed by atoms with E-state index >= 15 is 0 Å². The van der Waals surface area contributed by atoms with Crippen molar-refractivity contribution in [2.45, 2.75) is 52.4 Å². The molecule has 1 aromatic heterocycles. The number of hydrogen-bond donors (Lipinski definition) is 2. The second kappa shape index (κ2) is 13.7. The molecule has 6 nitrogen and oxygen atoms in total. The molecule has 0 unspecified atom stereocenters. The van der Waals surface area contributed by atoms with Gasteiger partial charge in [0.05, 0.1) is 18.1 Å². The predicted molar refractivity (Wildman–Crippen MR) is 153 cm³/mol. The fraction of sp³-hybridized carbons (Fsp3) is 0.323. The van der Waals surface area contributed by atoms with E-state index in [1.54, 1.807) is 0 Å². The van der Waals surface area contributed by atoms with Gasteiger partial charge in [-0.05, 0) is 90.9 Å². The first-order valence-electron chi connectivity index (χ1n) is 13.2. The Morgan fingerprint density at radius 3 is 2.03 bits per heavy atom. The Morgan fingerprint density at radius 2 is 1.42 bits per heavy atom. The molecule has 0 aliphatic heterocycles. The molecule has 0 fully saturated rings. The molecule has 4 aromatic rings. The number of benzene rings is 3. The van der Waals surface area contributed by atoms with E-state index in [1.807, 2.05) is 60.7 Å². The Hall–Kier alpha value is -3.71. The first-order valence-corrected chi connectivity index (χ1v) is 14.1. The number of ether oxygens (including phenoxy) is 3. The van der Waals surface area contributed by atoms with Crippen LogP contribution in [0.15, 0.2) is 71.5 Å². The molecule has 2 N–H and O–H groups in total. The lowest BCUT2D eigenvalue weighted by Crippen LogP contribution is -2.05. The van der Waals surface area contributed by atoms with Crippen molar-refractivity contribution in [1.29, 1.82) is 0 Å². The molecule has 0 saturated heterocycles. The number of aromatic amines is 1. The van der Waals surface area contributed by atoms with Gasteiger partial charge in [-0.3, -0.25) is 9.78 Å². The van der Waals surface area contributed by atoms with Crippen molar-refractivity contribution in [3.63, 3.8) is 0 Å². The van der Waals surface area contributed by atoms with Crippen molar-refractivity contribution in [2.75, 3.05) is 13.2 Å². The van der Waals surface area contributed by atoms with Crippen molar-refractivity contribution in [2.24, 2.45) is 0 Å². The standard InChI is InChI=1S/C31H35NO5S/c1-3-10-22-20-24(29-30(33)32-31(34)38-29)14-16-27(22)35-18-8-9-19-36-28-17-15-26(21-23(28)11-4-2)37-25-12-6-5-7-13-25/h5-7,12-17,20-21,33H,3-4,8-11,18-19H2,1-2H3,(H,32,34). The van der Waals surface area contributed by atoms with Crippen LogP contribution in [0.25, 0.3) is 10.4 Å². The van der Waals surface area contributed by atoms with E-state index in [0.29, 0.717) is 18.1 Å². The van der Waals surface area contributed by atoms with Crippen LogP contribution in [0, 0.1) is 0 Å². The van der Waals surface area contributed by atoms with Crippen molar-refractivity contribution in [3.05, 3.63) is 87.5 Å². The van der Waals surface area contributed by atoms with Crippen LogP contribution in [-0.4, -0.2) is 23.3 Å². The molecule has 0 saturated carbocycles. The number of aromatic nitrogens is 1. The Kier molecular flexibility index (Phi) is 9.87. The van der Waals surface area contributed by atoms with E-state index in [-0.39, 0.29) is 10.8 Å². The van der Waals surface area contributed by atoms with Crippen molar-refractivity contribution in [3.8, 4) is 39.3 Å². The molecule has 0 aliphatic rings. The van der Waals surface area contributed by atoms with Crippen LogP contribution in [0.5, 0.6) is 28.9 Å². The predicted octanol–water partition coefficient (Wildman–Crippen LogP) is 7.74. The van der Waals surface area contributed by atoms with Gasteiger partial charge in [0.2, 0.25) is 5.88 Å². The average Bonchev–Trinajstić information content (AvgIpc) is 3.26. The van der Waals surface area contributed by atoms with Crippen molar-refractivity contribution in [1.82, 2.24) is 4.98 Å². The normalized spacial score (nSPS) is 10.9. The van der Waals surface area contributed by atoms with Gasteiger partial charge in [0.15, 0.2) is 0 Å². The largest absolute Gasteiger partial charge is 0.493 e. The molecule has 0 bridgehead atoms. The van der Waals surface area contributed by atoms with Gasteiger partial charge in [0, 0.05) is 0 Å². The molecular formula is C31H35NO5S. The maximum absolute atomic E-state index is 11.6. The minimum atomic E-state index is -0.268. The molecule has 0 aliphatic carbocycles. The molecular weight excluding hydrogens is 498 g/mol. The lowest BCUT2D eigenvalue weighted by Gasteiger charge is -2.14. The summed E-state index contributed by atoms with van der Waals surface area (Å²) in [6.45, 7) is 5.49. The molecule has 0 radical (unpaired) electrons. The van der Waals surface area contributed by atoms with E-state index in [0.717, 1.165) is 89.6 Å². The van der Waals surface area contributed by atoms with Gasteiger partial charge in [-0.25, -0.2) is 0 Å². The lowest BCUT2D eigenvalue weighted by molar-refractivity contribution is 0.263. The number of nitrogens with one attached hydrogen (secondary N) is 1. The van der Waals surface area contributed by atoms with Crippen LogP contribution in [0.4, 0.5) is 0 Å². The van der Waals surface area contributed by atoms with Crippen LogP contribution in [-0.2, 0) is 12.8 Å². The molecule has 4 rings (SSSR count). The summed E-state index contributed by atoms with van der Waals surface area (Å²) in [7, 11) is 0. The fourth-order valence-corrected chi connectivity index (χ4v) is 4.99. The average molecular weight is 534 g/mol. The summed E-state index contributed by atoms with van der Waals surface area (Å²) in [6, 6.07) is 21.6. The Labute approximate surface area is 227 Å². The maximum Gasteiger partial charge on any atom is 0.307 e. The van der Waals surface area contributed by atoms with Gasteiger partial charge in [0.1, 0.15) is 23.0 Å². The second-order valence-electron chi connectivity index (χ2n) is 9.10. The molecule has 38 heavy (non-hydrogen) atoms. The summed E-state index contributed by atoms with van der Waals surface area (Å²) in [5.74, 6) is 3.30. The maximum atomic E-state index is 11.6. The van der Waals surface area contributed by atoms with Crippen LogP contribution in [0.2, 0.25) is 0 Å². The summed E-state index contributed by atoms with van der Waals surface area (Å²) in [6.07, 6.45) is 5.53. The second-order valence-corrected chi connectivity index (χ2v) is 10.1. The molecule has 3 aromatic carbocycles. The first-order chi connectivity index (χ1) is 18.6. The highest BCUT2D eigenvalue weighted by molar-refractivity contribution is 7.13. The summed E-state index contributed by atoms with van der Waals surface area (Å²) >= 11 is 1.01. The van der Waals surface area contributed by atoms with Crippen LogP contribution >= 0.6 is 11.3 Å². The van der Waals surface area contributed by atoms with Crippen LogP contribution in [0.3, 0.4) is 0 Å². The molecule has 1 heterocycles. The van der Waals surface area contributed by atoms with Gasteiger partial charge in [-0.2, -0.15) is 0 Å². The van der Waals surface area contributed by atoms with E-state index in [4.69, 9.17) is 14.2 Å². The van der Waals surface area contributed by atoms with Crippen molar-refractivity contribution >= 4 is 11.3 Å². The third kappa shape index (κ3) is 7.42. The minimum absolute atomic E-state index is 0.0865. The lowest BCUT2D eigenvalue weighted by atomic mass is 10.0. The van der Waals surface area contributed by atoms with E-state index < -0.39 is 0 Å². The Balaban J connectivity index is 1.28. The number of thiazole rings is 1. The van der Waals surface area contributed by atoms with Gasteiger partial charge in [-0.15, -0.1) is 0 Å². The molecule has 200 valence electrons. The monoisotopic (exact) mass is 533 g/mol. The number of rotatable bonds is 14. The third-order valence-electron chi connectivity index (χ3n) is 6.06. The Morgan fingerprint density at radius 1 is 0.789 bits per heavy atom.